The maximum Gasteiger partial charge on any atom is 0.303 e. The van der Waals surface area contributed by atoms with Gasteiger partial charge in [0.25, 0.3) is 15.9 Å². The number of nitrogens with one attached hydrogen (secondary N) is 2. The third-order valence-corrected chi connectivity index (χ3v) is 5.49. The maximum atomic E-state index is 12.7. The molecule has 0 spiro atoms. The molecule has 0 radical (unpaired) electrons. The zero-order valence-electron chi connectivity index (χ0n) is 15.2. The van der Waals surface area contributed by atoms with E-state index in [2.05, 4.69) is 10.5 Å². The van der Waals surface area contributed by atoms with E-state index in [1.165, 1.54) is 18.2 Å². The largest absolute Gasteiger partial charge is 0.478 e. The van der Waals surface area contributed by atoms with Crippen molar-refractivity contribution in [2.24, 2.45) is 5.92 Å². The molecule has 0 aliphatic carbocycles. The van der Waals surface area contributed by atoms with Crippen molar-refractivity contribution in [3.8, 4) is 5.75 Å². The van der Waals surface area contributed by atoms with Crippen LogP contribution in [0.15, 0.2) is 27.6 Å². The third-order valence-electron chi connectivity index (χ3n) is 4.02. The van der Waals surface area contributed by atoms with Gasteiger partial charge in [0.15, 0.2) is 6.10 Å². The fraction of sp³-hybridized carbons (Fsp3) is 0.353. The standard InChI is InChI=1S/C17H19N3O6S/c1-8(2)15-17(22)18-11-5-9(3)14(7-12(11)25-15)27(23,24)20-16(21)13-6-10(4)19-26-13/h5-8,15H,1-4H3,(H,18,22)(H,20,21). The minimum atomic E-state index is -4.19. The molecule has 1 aromatic heterocycles. The van der Waals surface area contributed by atoms with Crippen LogP contribution in [0.1, 0.15) is 35.7 Å². The molecule has 10 heteroatoms. The molecule has 1 unspecified atom stereocenters. The monoisotopic (exact) mass is 393 g/mol. The van der Waals surface area contributed by atoms with Crippen LogP contribution in [-0.4, -0.2) is 31.5 Å². The Labute approximate surface area is 156 Å². The molecule has 3 rings (SSSR count). The van der Waals surface area contributed by atoms with Gasteiger partial charge in [-0.15, -0.1) is 0 Å². The summed E-state index contributed by atoms with van der Waals surface area (Å²) in [4.78, 5) is 24.1. The highest BCUT2D eigenvalue weighted by Gasteiger charge is 2.32. The van der Waals surface area contributed by atoms with Crippen LogP contribution in [0.3, 0.4) is 0 Å². The third kappa shape index (κ3) is 3.65. The molecule has 0 fully saturated rings. The summed E-state index contributed by atoms with van der Waals surface area (Å²) in [7, 11) is -4.19. The van der Waals surface area contributed by atoms with E-state index >= 15 is 0 Å². The van der Waals surface area contributed by atoms with Crippen molar-refractivity contribution in [2.75, 3.05) is 5.32 Å². The molecule has 0 saturated carbocycles. The molecule has 9 nitrogen and oxygen atoms in total. The molecule has 1 atom stereocenters. The average Bonchev–Trinajstić information content (AvgIpc) is 2.99. The topological polar surface area (TPSA) is 128 Å². The number of hydrogen-bond donors (Lipinski definition) is 2. The van der Waals surface area contributed by atoms with Crippen LogP contribution in [0.5, 0.6) is 5.75 Å². The summed E-state index contributed by atoms with van der Waals surface area (Å²) < 4.78 is 37.7. The van der Waals surface area contributed by atoms with Crippen molar-refractivity contribution >= 4 is 27.5 Å². The summed E-state index contributed by atoms with van der Waals surface area (Å²) in [5.41, 5.74) is 1.17. The lowest BCUT2D eigenvalue weighted by molar-refractivity contribution is -0.125. The van der Waals surface area contributed by atoms with Crippen molar-refractivity contribution < 1.29 is 27.3 Å². The maximum absolute atomic E-state index is 12.7. The van der Waals surface area contributed by atoms with Gasteiger partial charge in [-0.25, -0.2) is 13.1 Å². The first-order chi connectivity index (χ1) is 12.6. The Balaban J connectivity index is 1.93. The fourth-order valence-electron chi connectivity index (χ4n) is 2.69. The van der Waals surface area contributed by atoms with Crippen LogP contribution in [0, 0.1) is 19.8 Å². The predicted octanol–water partition coefficient (Wildman–Crippen LogP) is 1.77. The molecule has 2 amide bonds. The van der Waals surface area contributed by atoms with E-state index in [1.54, 1.807) is 13.8 Å². The van der Waals surface area contributed by atoms with Crippen molar-refractivity contribution in [3.05, 3.63) is 35.2 Å². The number of aromatic nitrogens is 1. The molecular weight excluding hydrogens is 374 g/mol. The Hall–Kier alpha value is -2.88. The van der Waals surface area contributed by atoms with Crippen molar-refractivity contribution in [3.63, 3.8) is 0 Å². The van der Waals surface area contributed by atoms with Crippen LogP contribution in [0.25, 0.3) is 0 Å². The Bertz CT molecular complexity index is 1030. The van der Waals surface area contributed by atoms with Gasteiger partial charge in [0.05, 0.1) is 16.3 Å². The first-order valence-electron chi connectivity index (χ1n) is 8.21. The van der Waals surface area contributed by atoms with Gasteiger partial charge in [0.2, 0.25) is 5.76 Å². The Morgan fingerprint density at radius 1 is 1.26 bits per heavy atom. The van der Waals surface area contributed by atoms with E-state index < -0.39 is 22.0 Å². The minimum absolute atomic E-state index is 0.103. The van der Waals surface area contributed by atoms with Gasteiger partial charge in [0.1, 0.15) is 5.75 Å². The van der Waals surface area contributed by atoms with E-state index in [0.717, 1.165) is 0 Å². The second-order valence-electron chi connectivity index (χ2n) is 6.65. The van der Waals surface area contributed by atoms with Gasteiger partial charge < -0.3 is 14.6 Å². The van der Waals surface area contributed by atoms with E-state index in [1.807, 2.05) is 18.6 Å². The second kappa shape index (κ2) is 6.69. The summed E-state index contributed by atoms with van der Waals surface area (Å²) in [6.45, 7) is 6.80. The lowest BCUT2D eigenvalue weighted by Gasteiger charge is -2.29. The number of carbonyl (C=O) groups is 2. The number of amides is 2. The molecule has 2 aromatic rings. The second-order valence-corrected chi connectivity index (χ2v) is 8.30. The fourth-order valence-corrected chi connectivity index (χ4v) is 3.88. The molecule has 1 aromatic carbocycles. The minimum Gasteiger partial charge on any atom is -0.478 e. The van der Waals surface area contributed by atoms with E-state index in [-0.39, 0.29) is 28.2 Å². The number of ether oxygens (including phenoxy) is 1. The molecule has 27 heavy (non-hydrogen) atoms. The van der Waals surface area contributed by atoms with E-state index in [9.17, 15) is 18.0 Å². The van der Waals surface area contributed by atoms with Gasteiger partial charge in [0, 0.05) is 12.1 Å². The smallest absolute Gasteiger partial charge is 0.303 e. The number of benzene rings is 1. The SMILES string of the molecule is Cc1cc(C(=O)NS(=O)(=O)c2cc3c(cc2C)NC(=O)C(C(C)C)O3)on1. The highest BCUT2D eigenvalue weighted by molar-refractivity contribution is 7.90. The summed E-state index contributed by atoms with van der Waals surface area (Å²) in [6.07, 6.45) is -0.734. The molecule has 1 aliphatic heterocycles. The quantitative estimate of drug-likeness (QED) is 0.810. The molecule has 0 saturated heterocycles. The lowest BCUT2D eigenvalue weighted by Crippen LogP contribution is -2.40. The number of nitrogens with zero attached hydrogens (tertiary/aromatic N) is 1. The highest BCUT2D eigenvalue weighted by atomic mass is 32.2. The number of anilines is 1. The Kier molecular flexibility index (Phi) is 4.68. The van der Waals surface area contributed by atoms with Gasteiger partial charge in [-0.3, -0.25) is 9.59 Å². The number of hydrogen-bond acceptors (Lipinski definition) is 7. The summed E-state index contributed by atoms with van der Waals surface area (Å²) >= 11 is 0. The van der Waals surface area contributed by atoms with Gasteiger partial charge in [-0.2, -0.15) is 0 Å². The van der Waals surface area contributed by atoms with Gasteiger partial charge in [-0.1, -0.05) is 19.0 Å². The van der Waals surface area contributed by atoms with Crippen LogP contribution >= 0.6 is 0 Å². The van der Waals surface area contributed by atoms with Crippen LogP contribution in [-0.2, 0) is 14.8 Å². The number of aryl methyl sites for hydroxylation is 2. The zero-order chi connectivity index (χ0) is 19.9. The van der Waals surface area contributed by atoms with Gasteiger partial charge in [-0.05, 0) is 31.4 Å². The number of fused-ring (bicyclic) bond motifs is 1. The number of carbonyl (C=O) groups excluding carboxylic acids is 2. The molecule has 0 bridgehead atoms. The molecule has 1 aliphatic rings. The normalized spacial score (nSPS) is 16.5. The van der Waals surface area contributed by atoms with E-state index in [0.29, 0.717) is 16.9 Å². The van der Waals surface area contributed by atoms with Crippen molar-refractivity contribution in [1.82, 2.24) is 9.88 Å². The molecule has 144 valence electrons. The van der Waals surface area contributed by atoms with Crippen molar-refractivity contribution in [2.45, 2.75) is 38.7 Å². The Morgan fingerprint density at radius 2 is 1.96 bits per heavy atom. The summed E-state index contributed by atoms with van der Waals surface area (Å²) in [5.74, 6) is -1.31. The average molecular weight is 393 g/mol. The first kappa shape index (κ1) is 18.9. The number of rotatable bonds is 4. The van der Waals surface area contributed by atoms with Crippen LogP contribution in [0.4, 0.5) is 5.69 Å². The summed E-state index contributed by atoms with van der Waals surface area (Å²) in [6, 6.07) is 4.11. The zero-order valence-corrected chi connectivity index (χ0v) is 16.0. The summed E-state index contributed by atoms with van der Waals surface area (Å²) in [5, 5.41) is 6.27. The Morgan fingerprint density at radius 3 is 2.56 bits per heavy atom. The molecule has 2 heterocycles. The van der Waals surface area contributed by atoms with Crippen LogP contribution in [0.2, 0.25) is 0 Å². The van der Waals surface area contributed by atoms with E-state index in [4.69, 9.17) is 9.26 Å². The predicted molar refractivity (Wildman–Crippen MR) is 95.0 cm³/mol. The van der Waals surface area contributed by atoms with Gasteiger partial charge >= 0.3 is 5.91 Å². The van der Waals surface area contributed by atoms with Crippen molar-refractivity contribution in [1.29, 1.82) is 0 Å². The first-order valence-corrected chi connectivity index (χ1v) is 9.69. The van der Waals surface area contributed by atoms with Crippen LogP contribution < -0.4 is 14.8 Å². The highest BCUT2D eigenvalue weighted by Crippen LogP contribution is 2.35. The lowest BCUT2D eigenvalue weighted by atomic mass is 10.0. The number of sulfonamides is 1. The molecule has 2 N–H and O–H groups in total. The molecular formula is C17H19N3O6S.